The van der Waals surface area contributed by atoms with Crippen LogP contribution in [0.2, 0.25) is 0 Å². The molecule has 0 bridgehead atoms. The molecule has 2 aromatic rings. The lowest BCUT2D eigenvalue weighted by atomic mass is 10.1. The van der Waals surface area contributed by atoms with Crippen molar-refractivity contribution in [2.45, 2.75) is 39.5 Å². The first-order valence-electron chi connectivity index (χ1n) is 5.29. The predicted molar refractivity (Wildman–Crippen MR) is 59.0 cm³/mol. The second-order valence-corrected chi connectivity index (χ2v) is 4.42. The van der Waals surface area contributed by atoms with Crippen molar-refractivity contribution in [2.75, 3.05) is 0 Å². The molecule has 0 atom stereocenters. The summed E-state index contributed by atoms with van der Waals surface area (Å²) in [6.45, 7) is 8.54. The molecule has 2 rings (SSSR count). The Morgan fingerprint density at radius 1 is 1.13 bits per heavy atom. The van der Waals surface area contributed by atoms with Crippen LogP contribution in [0.4, 0.5) is 0 Å². The van der Waals surface area contributed by atoms with Gasteiger partial charge in [-0.2, -0.15) is 0 Å². The van der Waals surface area contributed by atoms with E-state index in [0.717, 1.165) is 17.0 Å². The molecule has 0 radical (unpaired) electrons. The van der Waals surface area contributed by atoms with Crippen LogP contribution in [-0.2, 0) is 0 Å². The molecule has 0 amide bonds. The molecule has 0 saturated carbocycles. The van der Waals surface area contributed by atoms with Crippen molar-refractivity contribution >= 4 is 5.65 Å². The van der Waals surface area contributed by atoms with Gasteiger partial charge in [0.25, 0.3) is 0 Å². The summed E-state index contributed by atoms with van der Waals surface area (Å²) in [6, 6.07) is 0. The Kier molecular flexibility index (Phi) is 2.42. The lowest BCUT2D eigenvalue weighted by Crippen LogP contribution is -2.04. The summed E-state index contributed by atoms with van der Waals surface area (Å²) in [5, 5.41) is 8.01. The highest BCUT2D eigenvalue weighted by Gasteiger charge is 2.12. The van der Waals surface area contributed by atoms with Gasteiger partial charge in [-0.15, -0.1) is 10.2 Å². The molecule has 0 fully saturated rings. The Morgan fingerprint density at radius 2 is 1.87 bits per heavy atom. The molecule has 80 valence electrons. The van der Waals surface area contributed by atoms with Gasteiger partial charge in [-0.1, -0.05) is 27.7 Å². The lowest BCUT2D eigenvalue weighted by molar-refractivity contribution is 0.752. The fraction of sp³-hybridized carbons (Fsp3) is 0.545. The van der Waals surface area contributed by atoms with Gasteiger partial charge in [0, 0.05) is 6.20 Å². The summed E-state index contributed by atoms with van der Waals surface area (Å²) < 4.78 is 1.96. The van der Waals surface area contributed by atoms with Crippen molar-refractivity contribution in [3.63, 3.8) is 0 Å². The first kappa shape index (κ1) is 10.1. The third kappa shape index (κ3) is 1.71. The molecule has 0 unspecified atom stereocenters. The highest BCUT2D eigenvalue weighted by molar-refractivity contribution is 5.44. The Labute approximate surface area is 89.4 Å². The number of aromatic nitrogens is 4. The van der Waals surface area contributed by atoms with Gasteiger partial charge < -0.3 is 0 Å². The number of nitrogens with zero attached hydrogens (tertiary/aromatic N) is 4. The highest BCUT2D eigenvalue weighted by Crippen LogP contribution is 2.20. The molecular formula is C11H16N4. The number of rotatable bonds is 2. The van der Waals surface area contributed by atoms with Gasteiger partial charge in [-0.05, 0) is 11.8 Å². The van der Waals surface area contributed by atoms with Crippen molar-refractivity contribution in [3.05, 3.63) is 23.9 Å². The first-order valence-corrected chi connectivity index (χ1v) is 5.29. The SMILES string of the molecule is CC(C)c1cn2cnnc2c(C(C)C)n1. The molecule has 0 saturated heterocycles. The average Bonchev–Trinajstić information content (AvgIpc) is 2.62. The van der Waals surface area contributed by atoms with Gasteiger partial charge in [-0.3, -0.25) is 9.38 Å². The number of fused-ring (bicyclic) bond motifs is 1. The average molecular weight is 204 g/mol. The van der Waals surface area contributed by atoms with Crippen LogP contribution >= 0.6 is 0 Å². The molecule has 4 heteroatoms. The molecule has 2 heterocycles. The van der Waals surface area contributed by atoms with Gasteiger partial charge in [0.1, 0.15) is 6.33 Å². The Bertz CT molecular complexity index is 470. The zero-order valence-corrected chi connectivity index (χ0v) is 9.60. The van der Waals surface area contributed by atoms with Crippen LogP contribution in [-0.4, -0.2) is 19.6 Å². The van der Waals surface area contributed by atoms with Crippen LogP contribution in [0.25, 0.3) is 5.65 Å². The minimum atomic E-state index is 0.371. The van der Waals surface area contributed by atoms with E-state index in [2.05, 4.69) is 42.9 Å². The fourth-order valence-electron chi connectivity index (χ4n) is 1.55. The van der Waals surface area contributed by atoms with Gasteiger partial charge in [0.2, 0.25) is 0 Å². The second-order valence-electron chi connectivity index (χ2n) is 4.42. The zero-order chi connectivity index (χ0) is 11.0. The lowest BCUT2D eigenvalue weighted by Gasteiger charge is -2.10. The Balaban J connectivity index is 2.69. The molecule has 0 aliphatic heterocycles. The van der Waals surface area contributed by atoms with Gasteiger partial charge >= 0.3 is 0 Å². The molecule has 15 heavy (non-hydrogen) atoms. The number of hydrogen-bond acceptors (Lipinski definition) is 3. The van der Waals surface area contributed by atoms with Crippen molar-refractivity contribution in [2.24, 2.45) is 0 Å². The third-order valence-corrected chi connectivity index (χ3v) is 2.46. The summed E-state index contributed by atoms with van der Waals surface area (Å²) >= 11 is 0. The third-order valence-electron chi connectivity index (χ3n) is 2.46. The molecule has 4 nitrogen and oxygen atoms in total. The standard InChI is InChI=1S/C11H16N4/c1-7(2)9-5-15-6-12-14-11(15)10(13-9)8(3)4/h5-8H,1-4H3. The fourth-order valence-corrected chi connectivity index (χ4v) is 1.55. The molecule has 0 aliphatic rings. The summed E-state index contributed by atoms with van der Waals surface area (Å²) in [5.41, 5.74) is 2.99. The molecule has 0 aromatic carbocycles. The van der Waals surface area contributed by atoms with Crippen LogP contribution < -0.4 is 0 Å². The van der Waals surface area contributed by atoms with E-state index in [0.29, 0.717) is 11.8 Å². The zero-order valence-electron chi connectivity index (χ0n) is 9.60. The van der Waals surface area contributed by atoms with E-state index in [1.54, 1.807) is 6.33 Å². The quantitative estimate of drug-likeness (QED) is 0.754. The van der Waals surface area contributed by atoms with Crippen LogP contribution in [0.1, 0.15) is 50.9 Å². The second kappa shape index (κ2) is 3.61. The van der Waals surface area contributed by atoms with E-state index < -0.39 is 0 Å². The summed E-state index contributed by atoms with van der Waals surface area (Å²) in [5.74, 6) is 0.796. The van der Waals surface area contributed by atoms with Crippen LogP contribution in [0, 0.1) is 0 Å². The minimum Gasteiger partial charge on any atom is -0.286 e. The van der Waals surface area contributed by atoms with E-state index in [1.807, 2.05) is 10.6 Å². The van der Waals surface area contributed by atoms with E-state index in [4.69, 9.17) is 0 Å². The molecule has 0 spiro atoms. The predicted octanol–water partition coefficient (Wildman–Crippen LogP) is 2.37. The molecular weight excluding hydrogens is 188 g/mol. The maximum absolute atomic E-state index is 4.65. The van der Waals surface area contributed by atoms with Gasteiger partial charge in [0.15, 0.2) is 5.65 Å². The Morgan fingerprint density at radius 3 is 2.47 bits per heavy atom. The monoisotopic (exact) mass is 204 g/mol. The van der Waals surface area contributed by atoms with E-state index in [-0.39, 0.29) is 0 Å². The first-order chi connectivity index (χ1) is 7.09. The van der Waals surface area contributed by atoms with Gasteiger partial charge in [-0.25, -0.2) is 0 Å². The summed E-state index contributed by atoms with van der Waals surface area (Å²) in [6.07, 6.45) is 3.74. The van der Waals surface area contributed by atoms with Crippen molar-refractivity contribution in [1.29, 1.82) is 0 Å². The van der Waals surface area contributed by atoms with Crippen molar-refractivity contribution in [3.8, 4) is 0 Å². The normalized spacial score (nSPS) is 11.9. The van der Waals surface area contributed by atoms with Crippen LogP contribution in [0.15, 0.2) is 12.5 Å². The highest BCUT2D eigenvalue weighted by atomic mass is 15.2. The molecule has 2 aromatic heterocycles. The van der Waals surface area contributed by atoms with E-state index >= 15 is 0 Å². The summed E-state index contributed by atoms with van der Waals surface area (Å²) in [4.78, 5) is 4.65. The molecule has 0 aliphatic carbocycles. The van der Waals surface area contributed by atoms with Crippen molar-refractivity contribution < 1.29 is 0 Å². The van der Waals surface area contributed by atoms with Crippen molar-refractivity contribution in [1.82, 2.24) is 19.6 Å². The van der Waals surface area contributed by atoms with Gasteiger partial charge in [0.05, 0.1) is 11.4 Å². The molecule has 0 N–H and O–H groups in total. The maximum Gasteiger partial charge on any atom is 0.182 e. The summed E-state index contributed by atoms with van der Waals surface area (Å²) in [7, 11) is 0. The van der Waals surface area contributed by atoms with E-state index in [1.165, 1.54) is 0 Å². The van der Waals surface area contributed by atoms with E-state index in [9.17, 15) is 0 Å². The minimum absolute atomic E-state index is 0.371. The Hall–Kier alpha value is -1.45. The maximum atomic E-state index is 4.65. The largest absolute Gasteiger partial charge is 0.286 e. The number of hydrogen-bond donors (Lipinski definition) is 0. The topological polar surface area (TPSA) is 43.1 Å². The van der Waals surface area contributed by atoms with Crippen LogP contribution in [0.5, 0.6) is 0 Å². The smallest absolute Gasteiger partial charge is 0.182 e. The van der Waals surface area contributed by atoms with Crippen LogP contribution in [0.3, 0.4) is 0 Å².